The highest BCUT2D eigenvalue weighted by Crippen LogP contribution is 2.38. The second kappa shape index (κ2) is 19.7. The summed E-state index contributed by atoms with van der Waals surface area (Å²) >= 11 is 0. The molecule has 0 aromatic rings. The SMILES string of the molecule is CCCCCCCCCCCCCC(O)C(COP(=O)([O-])OCC[N+](C)(C)C)NC(=O)CCC. The van der Waals surface area contributed by atoms with Gasteiger partial charge in [-0.25, -0.2) is 0 Å². The summed E-state index contributed by atoms with van der Waals surface area (Å²) in [4.78, 5) is 24.2. The van der Waals surface area contributed by atoms with Crippen molar-refractivity contribution in [1.29, 1.82) is 0 Å². The van der Waals surface area contributed by atoms with Crippen LogP contribution in [0, 0.1) is 0 Å². The Morgan fingerprint density at radius 1 is 0.912 bits per heavy atom. The fourth-order valence-corrected chi connectivity index (χ4v) is 4.33. The number of hydrogen-bond donors (Lipinski definition) is 2. The summed E-state index contributed by atoms with van der Waals surface area (Å²) in [5.41, 5.74) is 0. The van der Waals surface area contributed by atoms with Crippen LogP contribution in [0.3, 0.4) is 0 Å². The molecule has 3 atom stereocenters. The fraction of sp³-hybridized carbons (Fsp3) is 0.960. The third kappa shape index (κ3) is 20.8. The van der Waals surface area contributed by atoms with Gasteiger partial charge in [-0.3, -0.25) is 9.36 Å². The zero-order chi connectivity index (χ0) is 25.9. The number of likely N-dealkylation sites (N-methyl/N-ethyl adjacent to an activating group) is 1. The van der Waals surface area contributed by atoms with E-state index in [0.29, 0.717) is 30.3 Å². The highest BCUT2D eigenvalue weighted by Gasteiger charge is 2.24. The van der Waals surface area contributed by atoms with Gasteiger partial charge in [-0.15, -0.1) is 0 Å². The third-order valence-electron chi connectivity index (χ3n) is 5.82. The molecule has 3 unspecified atom stereocenters. The number of hydrogen-bond acceptors (Lipinski definition) is 6. The van der Waals surface area contributed by atoms with E-state index in [1.165, 1.54) is 51.4 Å². The zero-order valence-electron chi connectivity index (χ0n) is 22.6. The summed E-state index contributed by atoms with van der Waals surface area (Å²) in [5, 5.41) is 13.3. The van der Waals surface area contributed by atoms with E-state index in [1.54, 1.807) is 0 Å². The van der Waals surface area contributed by atoms with E-state index >= 15 is 0 Å². The Labute approximate surface area is 209 Å². The molecule has 0 aliphatic carbocycles. The van der Waals surface area contributed by atoms with Gasteiger partial charge in [0.25, 0.3) is 7.82 Å². The van der Waals surface area contributed by atoms with E-state index in [2.05, 4.69) is 12.2 Å². The van der Waals surface area contributed by atoms with Crippen molar-refractivity contribution in [3.63, 3.8) is 0 Å². The standard InChI is InChI=1S/C25H53N2O6P/c1-6-8-9-10-11-12-13-14-15-16-17-19-24(28)23(26-25(29)18-7-2)22-33-34(30,31)32-21-20-27(3,4)5/h23-24,28H,6-22H2,1-5H3,(H-,26,29,30,31). The minimum Gasteiger partial charge on any atom is -0.756 e. The first-order chi connectivity index (χ1) is 16.0. The summed E-state index contributed by atoms with van der Waals surface area (Å²) in [6.45, 7) is 4.31. The first-order valence-electron chi connectivity index (χ1n) is 13.4. The maximum absolute atomic E-state index is 12.1. The number of aliphatic hydroxyl groups excluding tert-OH is 1. The maximum Gasteiger partial charge on any atom is 0.268 e. The molecule has 1 amide bonds. The van der Waals surface area contributed by atoms with Crippen LogP contribution in [0.2, 0.25) is 0 Å². The van der Waals surface area contributed by atoms with Gasteiger partial charge in [0.15, 0.2) is 0 Å². The van der Waals surface area contributed by atoms with Crippen LogP contribution in [0.4, 0.5) is 0 Å². The first-order valence-corrected chi connectivity index (χ1v) is 14.8. The molecule has 204 valence electrons. The molecule has 0 aromatic heterocycles. The number of nitrogens with one attached hydrogen (secondary N) is 1. The van der Waals surface area contributed by atoms with Crippen LogP contribution >= 0.6 is 7.82 Å². The van der Waals surface area contributed by atoms with E-state index in [9.17, 15) is 19.4 Å². The van der Waals surface area contributed by atoms with Crippen LogP contribution < -0.4 is 10.2 Å². The highest BCUT2D eigenvalue weighted by molar-refractivity contribution is 7.45. The summed E-state index contributed by atoms with van der Waals surface area (Å²) in [6.07, 6.45) is 13.9. The van der Waals surface area contributed by atoms with Crippen molar-refractivity contribution >= 4 is 13.7 Å². The number of amides is 1. The molecule has 2 N–H and O–H groups in total. The number of phosphoric acid groups is 1. The molecule has 0 aromatic carbocycles. The molecule has 0 aliphatic rings. The van der Waals surface area contributed by atoms with Crippen molar-refractivity contribution in [3.8, 4) is 0 Å². The van der Waals surface area contributed by atoms with E-state index in [4.69, 9.17) is 9.05 Å². The van der Waals surface area contributed by atoms with E-state index < -0.39 is 20.0 Å². The van der Waals surface area contributed by atoms with Crippen molar-refractivity contribution in [1.82, 2.24) is 5.32 Å². The van der Waals surface area contributed by atoms with Crippen LogP contribution in [-0.4, -0.2) is 68.5 Å². The summed E-state index contributed by atoms with van der Waals surface area (Å²) in [7, 11) is 1.29. The molecule has 0 fully saturated rings. The minimum atomic E-state index is -4.51. The van der Waals surface area contributed by atoms with Gasteiger partial charge in [-0.2, -0.15) is 0 Å². The lowest BCUT2D eigenvalue weighted by Gasteiger charge is -2.30. The summed E-state index contributed by atoms with van der Waals surface area (Å²) in [6, 6.07) is -0.786. The van der Waals surface area contributed by atoms with Gasteiger partial charge in [-0.1, -0.05) is 84.5 Å². The molecule has 0 bridgehead atoms. The number of nitrogens with zero attached hydrogens (tertiary/aromatic N) is 1. The molecule has 0 aliphatic heterocycles. The molecule has 0 saturated carbocycles. The largest absolute Gasteiger partial charge is 0.756 e. The predicted octanol–water partition coefficient (Wildman–Crippen LogP) is 4.54. The lowest BCUT2D eigenvalue weighted by molar-refractivity contribution is -0.870. The molecule has 0 rings (SSSR count). The predicted molar refractivity (Wildman–Crippen MR) is 136 cm³/mol. The average Bonchev–Trinajstić information content (AvgIpc) is 2.74. The Kier molecular flexibility index (Phi) is 19.4. The Bertz CT molecular complexity index is 556. The normalized spacial score (nSPS) is 15.6. The average molecular weight is 509 g/mol. The Morgan fingerprint density at radius 2 is 1.44 bits per heavy atom. The van der Waals surface area contributed by atoms with Gasteiger partial charge in [0.1, 0.15) is 13.2 Å². The number of phosphoric ester groups is 1. The number of rotatable bonds is 23. The van der Waals surface area contributed by atoms with Crippen molar-refractivity contribution in [2.24, 2.45) is 0 Å². The quantitative estimate of drug-likeness (QED) is 0.119. The number of aliphatic hydroxyl groups is 1. The molecule has 8 nitrogen and oxygen atoms in total. The molecule has 9 heteroatoms. The van der Waals surface area contributed by atoms with Crippen LogP contribution in [0.25, 0.3) is 0 Å². The Morgan fingerprint density at radius 3 is 1.94 bits per heavy atom. The molecule has 0 spiro atoms. The van der Waals surface area contributed by atoms with Crippen molar-refractivity contribution in [3.05, 3.63) is 0 Å². The number of carbonyl (C=O) groups excluding carboxylic acids is 1. The summed E-state index contributed by atoms with van der Waals surface area (Å²) < 4.78 is 22.6. The number of quaternary nitrogens is 1. The second-order valence-corrected chi connectivity index (χ2v) is 11.8. The topological polar surface area (TPSA) is 108 Å². The zero-order valence-corrected chi connectivity index (χ0v) is 23.5. The second-order valence-electron chi connectivity index (χ2n) is 10.4. The van der Waals surface area contributed by atoms with Gasteiger partial charge in [0.2, 0.25) is 5.91 Å². The monoisotopic (exact) mass is 508 g/mol. The van der Waals surface area contributed by atoms with Crippen molar-refractivity contribution in [2.45, 2.75) is 116 Å². The Hall–Kier alpha value is -0.500. The first kappa shape index (κ1) is 33.5. The van der Waals surface area contributed by atoms with Gasteiger partial charge in [-0.05, 0) is 12.8 Å². The van der Waals surface area contributed by atoms with Gasteiger partial charge in [0, 0.05) is 6.42 Å². The van der Waals surface area contributed by atoms with Gasteiger partial charge >= 0.3 is 0 Å². The van der Waals surface area contributed by atoms with Crippen LogP contribution in [-0.2, 0) is 18.4 Å². The molecule has 0 heterocycles. The highest BCUT2D eigenvalue weighted by atomic mass is 31.2. The molecule has 0 radical (unpaired) electrons. The van der Waals surface area contributed by atoms with Crippen LogP contribution in [0.15, 0.2) is 0 Å². The van der Waals surface area contributed by atoms with Gasteiger partial charge in [0.05, 0.1) is 39.9 Å². The molecular weight excluding hydrogens is 455 g/mol. The Balaban J connectivity index is 4.33. The van der Waals surface area contributed by atoms with E-state index in [-0.39, 0.29) is 19.1 Å². The minimum absolute atomic E-state index is 0.0123. The van der Waals surface area contributed by atoms with Crippen LogP contribution in [0.1, 0.15) is 104 Å². The smallest absolute Gasteiger partial charge is 0.268 e. The van der Waals surface area contributed by atoms with E-state index in [0.717, 1.165) is 19.3 Å². The molecule has 0 saturated heterocycles. The lowest BCUT2D eigenvalue weighted by Crippen LogP contribution is -2.46. The fourth-order valence-electron chi connectivity index (χ4n) is 3.61. The molecular formula is C25H53N2O6P. The van der Waals surface area contributed by atoms with Crippen molar-refractivity contribution in [2.75, 3.05) is 40.9 Å². The molecule has 34 heavy (non-hydrogen) atoms. The lowest BCUT2D eigenvalue weighted by atomic mass is 10.0. The van der Waals surface area contributed by atoms with Crippen LogP contribution in [0.5, 0.6) is 0 Å². The van der Waals surface area contributed by atoms with E-state index in [1.807, 2.05) is 28.1 Å². The number of unbranched alkanes of at least 4 members (excludes halogenated alkanes) is 10. The van der Waals surface area contributed by atoms with Crippen molar-refractivity contribution < 1.29 is 32.9 Å². The third-order valence-corrected chi connectivity index (χ3v) is 6.78. The van der Waals surface area contributed by atoms with Gasteiger partial charge < -0.3 is 28.8 Å². The summed E-state index contributed by atoms with van der Waals surface area (Å²) in [5.74, 6) is -0.222. The maximum atomic E-state index is 12.1. The number of carbonyl (C=O) groups is 1.